The highest BCUT2D eigenvalue weighted by Crippen LogP contribution is 2.30. The van der Waals surface area contributed by atoms with E-state index in [2.05, 4.69) is 20.9 Å². The number of aromatic amines is 1. The molecule has 0 amide bonds. The number of H-pyrrole nitrogens is 1. The van der Waals surface area contributed by atoms with Crippen LogP contribution in [-0.4, -0.2) is 22.1 Å². The second-order valence-electron chi connectivity index (χ2n) is 3.83. The van der Waals surface area contributed by atoms with Crippen LogP contribution in [0.1, 0.15) is 12.5 Å². The lowest BCUT2D eigenvalue weighted by molar-refractivity contribution is -0.143. The van der Waals surface area contributed by atoms with Crippen molar-refractivity contribution in [2.45, 2.75) is 20.4 Å². The summed E-state index contributed by atoms with van der Waals surface area (Å²) in [5, 5.41) is 0.417. The minimum absolute atomic E-state index is 0.205. The Morgan fingerprint density at radius 1 is 1.47 bits per heavy atom. The van der Waals surface area contributed by atoms with Crippen LogP contribution in [0.3, 0.4) is 0 Å². The smallest absolute Gasteiger partial charge is 0.329 e. The molecule has 0 spiro atoms. The van der Waals surface area contributed by atoms with E-state index < -0.39 is 17.2 Å². The van der Waals surface area contributed by atoms with Gasteiger partial charge >= 0.3 is 11.7 Å². The maximum atomic E-state index is 12.2. The van der Waals surface area contributed by atoms with E-state index >= 15 is 0 Å². The molecule has 2 aromatic rings. The molecular formula is C11H11BrN2O4S. The first-order valence-electron chi connectivity index (χ1n) is 5.53. The summed E-state index contributed by atoms with van der Waals surface area (Å²) in [7, 11) is 0. The van der Waals surface area contributed by atoms with Gasteiger partial charge in [0.1, 0.15) is 11.4 Å². The summed E-state index contributed by atoms with van der Waals surface area (Å²) in [6.07, 6.45) is 0. The van der Waals surface area contributed by atoms with Gasteiger partial charge in [0.05, 0.1) is 15.8 Å². The predicted molar refractivity (Wildman–Crippen MR) is 75.8 cm³/mol. The number of nitrogens with zero attached hydrogens (tertiary/aromatic N) is 1. The van der Waals surface area contributed by atoms with Crippen molar-refractivity contribution >= 4 is 43.5 Å². The highest BCUT2D eigenvalue weighted by Gasteiger charge is 2.16. The maximum Gasteiger partial charge on any atom is 0.329 e. The van der Waals surface area contributed by atoms with E-state index in [1.165, 1.54) is 11.3 Å². The minimum atomic E-state index is -0.612. The molecule has 0 radical (unpaired) electrons. The van der Waals surface area contributed by atoms with Crippen LogP contribution in [0.25, 0.3) is 10.2 Å². The average Bonchev–Trinajstić information content (AvgIpc) is 2.61. The molecule has 0 aliphatic heterocycles. The highest BCUT2D eigenvalue weighted by molar-refractivity contribution is 9.11. The fourth-order valence-corrected chi connectivity index (χ4v) is 3.30. The van der Waals surface area contributed by atoms with Crippen molar-refractivity contribution in [2.75, 3.05) is 6.61 Å². The molecule has 8 heteroatoms. The zero-order valence-corrected chi connectivity index (χ0v) is 12.7. The number of carbonyl (C=O) groups is 1. The number of fused-ring (bicyclic) bond motifs is 1. The SMILES string of the molecule is CCOC(=O)Cn1c(=O)[nH]c2sc(Br)c(C)c2c1=O. The number of nitrogens with one attached hydrogen (secondary N) is 1. The molecule has 102 valence electrons. The van der Waals surface area contributed by atoms with Gasteiger partial charge in [0.15, 0.2) is 0 Å². The molecule has 0 aliphatic rings. The Hall–Kier alpha value is -1.41. The zero-order valence-electron chi connectivity index (χ0n) is 10.3. The second-order valence-corrected chi connectivity index (χ2v) is 6.17. The van der Waals surface area contributed by atoms with Crippen LogP contribution < -0.4 is 11.2 Å². The van der Waals surface area contributed by atoms with Gasteiger partial charge in [-0.3, -0.25) is 14.6 Å². The summed E-state index contributed by atoms with van der Waals surface area (Å²) >= 11 is 4.60. The molecule has 0 aliphatic carbocycles. The van der Waals surface area contributed by atoms with E-state index in [1.54, 1.807) is 13.8 Å². The summed E-state index contributed by atoms with van der Waals surface area (Å²) < 4.78 is 6.38. The van der Waals surface area contributed by atoms with Crippen LogP contribution in [-0.2, 0) is 16.1 Å². The van der Waals surface area contributed by atoms with Crippen molar-refractivity contribution < 1.29 is 9.53 Å². The third-order valence-corrected chi connectivity index (χ3v) is 4.68. The van der Waals surface area contributed by atoms with Crippen molar-refractivity contribution in [3.05, 3.63) is 30.2 Å². The lowest BCUT2D eigenvalue weighted by Crippen LogP contribution is -2.37. The van der Waals surface area contributed by atoms with Gasteiger partial charge < -0.3 is 4.74 Å². The Morgan fingerprint density at radius 2 is 2.16 bits per heavy atom. The Kier molecular flexibility index (Phi) is 3.91. The molecule has 0 saturated carbocycles. The first-order chi connectivity index (χ1) is 8.95. The van der Waals surface area contributed by atoms with E-state index in [9.17, 15) is 14.4 Å². The number of aromatic nitrogens is 2. The number of hydrogen-bond acceptors (Lipinski definition) is 5. The van der Waals surface area contributed by atoms with Gasteiger partial charge in [-0.15, -0.1) is 11.3 Å². The molecule has 2 heterocycles. The zero-order chi connectivity index (χ0) is 14.2. The molecule has 1 N–H and O–H groups in total. The monoisotopic (exact) mass is 346 g/mol. The quantitative estimate of drug-likeness (QED) is 0.851. The van der Waals surface area contributed by atoms with Crippen molar-refractivity contribution in [2.24, 2.45) is 0 Å². The first kappa shape index (κ1) is 14.0. The number of halogens is 1. The van der Waals surface area contributed by atoms with Crippen molar-refractivity contribution in [3.63, 3.8) is 0 Å². The fraction of sp³-hybridized carbons (Fsp3) is 0.364. The summed E-state index contributed by atoms with van der Waals surface area (Å²) in [4.78, 5) is 38.5. The van der Waals surface area contributed by atoms with Crippen LogP contribution in [0.4, 0.5) is 0 Å². The van der Waals surface area contributed by atoms with Crippen molar-refractivity contribution in [1.82, 2.24) is 9.55 Å². The maximum absolute atomic E-state index is 12.2. The number of aryl methyl sites for hydroxylation is 1. The van der Waals surface area contributed by atoms with Gasteiger partial charge in [0, 0.05) is 0 Å². The van der Waals surface area contributed by atoms with Gasteiger partial charge in [-0.05, 0) is 35.3 Å². The van der Waals surface area contributed by atoms with Crippen LogP contribution in [0.2, 0.25) is 0 Å². The fourth-order valence-electron chi connectivity index (χ4n) is 1.70. The van der Waals surface area contributed by atoms with Crippen molar-refractivity contribution in [3.8, 4) is 0 Å². The summed E-state index contributed by atoms with van der Waals surface area (Å²) in [6, 6.07) is 0. The topological polar surface area (TPSA) is 81.2 Å². The molecular weight excluding hydrogens is 336 g/mol. The van der Waals surface area contributed by atoms with Crippen LogP contribution in [0, 0.1) is 6.92 Å². The standard InChI is InChI=1S/C11H11BrN2O4S/c1-3-18-6(15)4-14-10(16)7-5(2)8(12)19-9(7)13-11(14)17/h3-4H2,1-2H3,(H,13,17). The van der Waals surface area contributed by atoms with Crippen LogP contribution in [0.5, 0.6) is 0 Å². The van der Waals surface area contributed by atoms with E-state index in [0.717, 1.165) is 13.9 Å². The van der Waals surface area contributed by atoms with Gasteiger partial charge in [0.2, 0.25) is 0 Å². The lowest BCUT2D eigenvalue weighted by atomic mass is 10.3. The van der Waals surface area contributed by atoms with E-state index in [0.29, 0.717) is 10.2 Å². The largest absolute Gasteiger partial charge is 0.465 e. The number of rotatable bonds is 3. The summed E-state index contributed by atoms with van der Waals surface area (Å²) in [5.41, 5.74) is -0.343. The molecule has 19 heavy (non-hydrogen) atoms. The van der Waals surface area contributed by atoms with Gasteiger partial charge in [-0.1, -0.05) is 0 Å². The molecule has 0 bridgehead atoms. The molecule has 0 aromatic carbocycles. The van der Waals surface area contributed by atoms with Gasteiger partial charge in [-0.25, -0.2) is 9.36 Å². The van der Waals surface area contributed by atoms with Crippen molar-refractivity contribution in [1.29, 1.82) is 0 Å². The van der Waals surface area contributed by atoms with E-state index in [1.807, 2.05) is 0 Å². The van der Waals surface area contributed by atoms with Crippen LogP contribution >= 0.6 is 27.3 Å². The Bertz CT molecular complexity index is 758. The Labute approximate surface area is 120 Å². The van der Waals surface area contributed by atoms with E-state index in [-0.39, 0.29) is 13.2 Å². The third-order valence-electron chi connectivity index (χ3n) is 2.61. The number of carbonyl (C=O) groups excluding carboxylic acids is 1. The number of esters is 1. The second kappa shape index (κ2) is 5.30. The number of thiophene rings is 1. The van der Waals surface area contributed by atoms with E-state index in [4.69, 9.17) is 4.74 Å². The van der Waals surface area contributed by atoms with Gasteiger partial charge in [-0.2, -0.15) is 0 Å². The molecule has 0 unspecified atom stereocenters. The molecule has 2 rings (SSSR count). The molecule has 6 nitrogen and oxygen atoms in total. The van der Waals surface area contributed by atoms with Gasteiger partial charge in [0.25, 0.3) is 5.56 Å². The molecule has 0 fully saturated rings. The highest BCUT2D eigenvalue weighted by atomic mass is 79.9. The lowest BCUT2D eigenvalue weighted by Gasteiger charge is -2.04. The first-order valence-corrected chi connectivity index (χ1v) is 7.14. The molecule has 2 aromatic heterocycles. The summed E-state index contributed by atoms with van der Waals surface area (Å²) in [5.74, 6) is -0.610. The summed E-state index contributed by atoms with van der Waals surface area (Å²) in [6.45, 7) is 3.26. The average molecular weight is 347 g/mol. The third kappa shape index (κ3) is 2.50. The normalized spacial score (nSPS) is 10.9. The number of hydrogen-bond donors (Lipinski definition) is 1. The molecule has 0 saturated heterocycles. The Balaban J connectivity index is 2.62. The predicted octanol–water partition coefficient (Wildman–Crippen LogP) is 1.39. The molecule has 0 atom stereocenters. The number of ether oxygens (including phenoxy) is 1. The van der Waals surface area contributed by atoms with Crippen LogP contribution in [0.15, 0.2) is 13.4 Å². The minimum Gasteiger partial charge on any atom is -0.465 e. The Morgan fingerprint density at radius 3 is 2.79 bits per heavy atom.